The number of carboxylic acids is 1. The number of fused-ring (bicyclic) bond motifs is 4. The molecule has 6 aromatic rings. The monoisotopic (exact) mass is 794 g/mol. The molecular formula is C44H48Cl2N6O4. The highest BCUT2D eigenvalue weighted by atomic mass is 35.5. The van der Waals surface area contributed by atoms with E-state index in [1.54, 1.807) is 12.1 Å². The second kappa shape index (κ2) is 15.0. The highest BCUT2D eigenvalue weighted by Gasteiger charge is 2.38. The van der Waals surface area contributed by atoms with Crippen molar-refractivity contribution in [2.45, 2.75) is 72.9 Å². The summed E-state index contributed by atoms with van der Waals surface area (Å²) in [7, 11) is 1.94. The van der Waals surface area contributed by atoms with Crippen molar-refractivity contribution in [3.8, 4) is 16.9 Å². The number of aromatic carboxylic acids is 1. The van der Waals surface area contributed by atoms with E-state index in [-0.39, 0.29) is 17.5 Å². The van der Waals surface area contributed by atoms with Gasteiger partial charge in [0.25, 0.3) is 5.91 Å². The van der Waals surface area contributed by atoms with E-state index >= 15 is 4.79 Å². The number of likely N-dealkylation sites (tertiary alicyclic amines) is 1. The molecule has 0 spiro atoms. The molecule has 56 heavy (non-hydrogen) atoms. The normalized spacial score (nSPS) is 16.1. The number of anilines is 1. The van der Waals surface area contributed by atoms with Gasteiger partial charge in [0.1, 0.15) is 17.3 Å². The Morgan fingerprint density at radius 2 is 1.70 bits per heavy atom. The Morgan fingerprint density at radius 1 is 0.964 bits per heavy atom. The lowest BCUT2D eigenvalue weighted by Gasteiger charge is -2.35. The second-order valence-corrected chi connectivity index (χ2v) is 16.3. The number of benzene rings is 3. The predicted molar refractivity (Wildman–Crippen MR) is 224 cm³/mol. The smallest absolute Gasteiger partial charge is 0.335 e. The van der Waals surface area contributed by atoms with Crippen molar-refractivity contribution >= 4 is 62.7 Å². The van der Waals surface area contributed by atoms with Crippen LogP contribution in [-0.4, -0.2) is 73.6 Å². The van der Waals surface area contributed by atoms with Gasteiger partial charge in [-0.3, -0.25) is 14.4 Å². The fraction of sp³-hybridized carbons (Fsp3) is 0.386. The number of hydrogen-bond acceptors (Lipinski definition) is 5. The van der Waals surface area contributed by atoms with Gasteiger partial charge in [0.2, 0.25) is 0 Å². The van der Waals surface area contributed by atoms with Crippen molar-refractivity contribution in [1.29, 1.82) is 0 Å². The van der Waals surface area contributed by atoms with Gasteiger partial charge in [0.05, 0.1) is 28.4 Å². The van der Waals surface area contributed by atoms with E-state index in [0.717, 1.165) is 97.2 Å². The Labute approximate surface area is 337 Å². The second-order valence-electron chi connectivity index (χ2n) is 15.6. The topological polar surface area (TPSA) is 97.8 Å². The third-order valence-electron chi connectivity index (χ3n) is 11.8. The van der Waals surface area contributed by atoms with Crippen LogP contribution in [0.2, 0.25) is 10.0 Å². The molecule has 10 nitrogen and oxygen atoms in total. The van der Waals surface area contributed by atoms with E-state index < -0.39 is 5.97 Å². The van der Waals surface area contributed by atoms with Crippen LogP contribution in [0.4, 0.5) is 5.82 Å². The fourth-order valence-corrected chi connectivity index (χ4v) is 9.38. The highest BCUT2D eigenvalue weighted by Crippen LogP contribution is 2.45. The number of aromatic nitrogens is 4. The molecule has 1 fully saturated rings. The molecule has 1 N–H and O–H groups in total. The Bertz CT molecular complexity index is 2520. The summed E-state index contributed by atoms with van der Waals surface area (Å²) in [6, 6.07) is 15.0. The zero-order chi connectivity index (χ0) is 39.6. The molecule has 0 bridgehead atoms. The van der Waals surface area contributed by atoms with E-state index in [9.17, 15) is 9.90 Å². The van der Waals surface area contributed by atoms with E-state index in [1.807, 2.05) is 67.7 Å². The molecule has 0 unspecified atom stereocenters. The number of carbonyl (C=O) groups excluding carboxylic acids is 1. The van der Waals surface area contributed by atoms with Gasteiger partial charge < -0.3 is 23.9 Å². The lowest BCUT2D eigenvalue weighted by molar-refractivity contribution is 0.0696. The molecule has 3 aromatic carbocycles. The summed E-state index contributed by atoms with van der Waals surface area (Å²) in [4.78, 5) is 31.7. The fourth-order valence-electron chi connectivity index (χ4n) is 9.02. The van der Waals surface area contributed by atoms with Gasteiger partial charge in [-0.05, 0) is 133 Å². The Morgan fingerprint density at radius 3 is 2.38 bits per heavy atom. The van der Waals surface area contributed by atoms with Crippen molar-refractivity contribution in [3.05, 3.63) is 97.9 Å². The van der Waals surface area contributed by atoms with Gasteiger partial charge in [-0.2, -0.15) is 5.10 Å². The first-order valence-corrected chi connectivity index (χ1v) is 20.3. The van der Waals surface area contributed by atoms with E-state index in [1.165, 1.54) is 12.8 Å². The van der Waals surface area contributed by atoms with Crippen molar-refractivity contribution < 1.29 is 19.4 Å². The lowest BCUT2D eigenvalue weighted by atomic mass is 9.98. The average molecular weight is 796 g/mol. The predicted octanol–water partition coefficient (Wildman–Crippen LogP) is 9.56. The van der Waals surface area contributed by atoms with Gasteiger partial charge in [-0.15, -0.1) is 0 Å². The lowest BCUT2D eigenvalue weighted by Crippen LogP contribution is -2.43. The van der Waals surface area contributed by atoms with Crippen molar-refractivity contribution in [1.82, 2.24) is 23.8 Å². The van der Waals surface area contributed by atoms with E-state index in [4.69, 9.17) is 33.0 Å². The van der Waals surface area contributed by atoms with Crippen molar-refractivity contribution in [3.63, 3.8) is 0 Å². The first-order chi connectivity index (χ1) is 26.8. The number of aryl methyl sites for hydroxylation is 5. The summed E-state index contributed by atoms with van der Waals surface area (Å²) in [5.41, 5.74) is 9.34. The first-order valence-electron chi connectivity index (χ1n) is 19.5. The molecule has 0 aliphatic carbocycles. The third kappa shape index (κ3) is 6.55. The van der Waals surface area contributed by atoms with Crippen LogP contribution >= 0.6 is 23.2 Å². The summed E-state index contributed by atoms with van der Waals surface area (Å²) in [5.74, 6) is 0.474. The third-order valence-corrected chi connectivity index (χ3v) is 12.7. The van der Waals surface area contributed by atoms with Crippen molar-refractivity contribution in [2.24, 2.45) is 7.05 Å². The molecule has 2 aliphatic heterocycles. The molecular weight excluding hydrogens is 747 g/mol. The SMILES string of the molecule is Cc1cc(OCCCc2c3n(c4c(-c5c(C)nn(C)c5C)c(Cl)ccc24)[C@H](C)CN(c2cc4cc(C(=O)O)ccc4n2CCN2CCCC2)C3=O)cc(C)c1Cl. The number of carboxylic acid groups (broad SMARTS) is 1. The minimum Gasteiger partial charge on any atom is -0.494 e. The Balaban J connectivity index is 1.25. The van der Waals surface area contributed by atoms with Crippen molar-refractivity contribution in [2.75, 3.05) is 37.7 Å². The minimum absolute atomic E-state index is 0.0930. The van der Waals surface area contributed by atoms with Crippen LogP contribution in [0.1, 0.15) is 81.2 Å². The van der Waals surface area contributed by atoms with Gasteiger partial charge in [0.15, 0.2) is 0 Å². The first kappa shape index (κ1) is 38.1. The zero-order valence-electron chi connectivity index (χ0n) is 32.9. The molecule has 8 rings (SSSR count). The maximum absolute atomic E-state index is 15.3. The summed E-state index contributed by atoms with van der Waals surface area (Å²) < 4.78 is 12.6. The number of halogens is 2. The Hall–Kier alpha value is -4.77. The van der Waals surface area contributed by atoms with Crippen LogP contribution < -0.4 is 9.64 Å². The molecule has 2 aliphatic rings. The molecule has 1 amide bonds. The van der Waals surface area contributed by atoms with Crippen LogP contribution in [0, 0.1) is 27.7 Å². The van der Waals surface area contributed by atoms with E-state index in [2.05, 4.69) is 33.9 Å². The summed E-state index contributed by atoms with van der Waals surface area (Å²) in [6.07, 6.45) is 3.64. The molecule has 0 radical (unpaired) electrons. The van der Waals surface area contributed by atoms with Crippen LogP contribution in [0.5, 0.6) is 5.75 Å². The maximum Gasteiger partial charge on any atom is 0.335 e. The quantitative estimate of drug-likeness (QED) is 0.131. The largest absolute Gasteiger partial charge is 0.494 e. The number of nitrogens with zero attached hydrogens (tertiary/aromatic N) is 6. The molecule has 3 aromatic heterocycles. The van der Waals surface area contributed by atoms with Crippen LogP contribution in [0.15, 0.2) is 48.5 Å². The summed E-state index contributed by atoms with van der Waals surface area (Å²) in [6.45, 7) is 14.7. The van der Waals surface area contributed by atoms with Crippen LogP contribution in [0.3, 0.4) is 0 Å². The number of hydrogen-bond donors (Lipinski definition) is 1. The maximum atomic E-state index is 15.3. The number of carbonyl (C=O) groups is 2. The zero-order valence-corrected chi connectivity index (χ0v) is 34.4. The number of amides is 1. The standard InChI is InChI=1S/C44H48Cl2N6O4/c1-25-20-32(21-26(2)40(25)46)56-19-9-10-33-34-12-13-35(45)39(38-28(4)47-48(6)29(38)5)41(34)52-27(3)24-51(43(53)42(33)52)37-23-31-22-30(44(54)55)11-14-36(31)50(37)18-17-49-15-7-8-16-49/h11-14,20-23,27H,7-10,15-19,24H2,1-6H3,(H,54,55)/t27-/m1/s1. The van der Waals surface area contributed by atoms with Crippen LogP contribution in [-0.2, 0) is 20.0 Å². The summed E-state index contributed by atoms with van der Waals surface area (Å²) >= 11 is 13.6. The number of rotatable bonds is 11. The molecule has 5 heterocycles. The molecule has 12 heteroatoms. The number of ether oxygens (including phenoxy) is 1. The Kier molecular flexibility index (Phi) is 10.2. The molecule has 0 saturated carbocycles. The summed E-state index contributed by atoms with van der Waals surface area (Å²) in [5, 5.41) is 17.7. The van der Waals surface area contributed by atoms with Gasteiger partial charge in [-0.25, -0.2) is 4.79 Å². The highest BCUT2D eigenvalue weighted by molar-refractivity contribution is 6.35. The van der Waals surface area contributed by atoms with Gasteiger partial charge in [0, 0.05) is 70.9 Å². The average Bonchev–Trinajstić information content (AvgIpc) is 3.94. The van der Waals surface area contributed by atoms with Gasteiger partial charge >= 0.3 is 5.97 Å². The van der Waals surface area contributed by atoms with Crippen LogP contribution in [0.25, 0.3) is 32.9 Å². The van der Waals surface area contributed by atoms with Gasteiger partial charge in [-0.1, -0.05) is 29.3 Å². The molecule has 1 saturated heterocycles. The minimum atomic E-state index is -0.978. The molecule has 1 atom stereocenters. The van der Waals surface area contributed by atoms with E-state index in [0.29, 0.717) is 43.3 Å². The molecule has 292 valence electrons.